The second-order valence-corrected chi connectivity index (χ2v) is 4.50. The fraction of sp³-hybridized carbons (Fsp3) is 0.833. The Bertz CT molecular complexity index is 237. The Morgan fingerprint density at radius 2 is 2.00 bits per heavy atom. The summed E-state index contributed by atoms with van der Waals surface area (Å²) in [5.41, 5.74) is 0. The van der Waals surface area contributed by atoms with Crippen LogP contribution in [0.4, 0.5) is 0 Å². The number of carbonyl (C=O) groups excluding carboxylic acids is 2. The van der Waals surface area contributed by atoms with Gasteiger partial charge in [-0.1, -0.05) is 20.3 Å². The molecule has 1 fully saturated rings. The first kappa shape index (κ1) is 13.0. The van der Waals surface area contributed by atoms with Crippen molar-refractivity contribution in [3.8, 4) is 0 Å². The van der Waals surface area contributed by atoms with Gasteiger partial charge in [-0.25, -0.2) is 0 Å². The van der Waals surface area contributed by atoms with Gasteiger partial charge in [-0.05, 0) is 25.2 Å². The molecule has 1 N–H and O–H groups in total. The van der Waals surface area contributed by atoms with Crippen molar-refractivity contribution in [1.82, 2.24) is 10.2 Å². The molecule has 1 aliphatic rings. The Hall–Kier alpha value is -1.06. The number of rotatable bonds is 5. The SMILES string of the molecule is CCC(C)C(N[C]=O)C(=O)N1CCCCC1. The zero-order valence-corrected chi connectivity index (χ0v) is 10.2. The topological polar surface area (TPSA) is 49.4 Å². The Morgan fingerprint density at radius 3 is 2.50 bits per heavy atom. The Morgan fingerprint density at radius 1 is 1.38 bits per heavy atom. The van der Waals surface area contributed by atoms with E-state index in [1.165, 1.54) is 6.42 Å². The average Bonchev–Trinajstić information content (AvgIpc) is 2.35. The van der Waals surface area contributed by atoms with Crippen LogP contribution in [0.2, 0.25) is 0 Å². The van der Waals surface area contributed by atoms with Crippen molar-refractivity contribution in [2.45, 2.75) is 45.6 Å². The van der Waals surface area contributed by atoms with Gasteiger partial charge < -0.3 is 10.2 Å². The highest BCUT2D eigenvalue weighted by Crippen LogP contribution is 2.15. The molecule has 0 aromatic heterocycles. The zero-order valence-electron chi connectivity index (χ0n) is 10.2. The Labute approximate surface area is 97.4 Å². The Balaban J connectivity index is 2.61. The number of hydrogen-bond donors (Lipinski definition) is 1. The van der Waals surface area contributed by atoms with Gasteiger partial charge in [-0.2, -0.15) is 0 Å². The van der Waals surface area contributed by atoms with Crippen LogP contribution < -0.4 is 5.32 Å². The molecule has 1 aliphatic heterocycles. The molecule has 2 atom stereocenters. The maximum absolute atomic E-state index is 12.2. The zero-order chi connectivity index (χ0) is 12.0. The van der Waals surface area contributed by atoms with E-state index in [0.29, 0.717) is 0 Å². The van der Waals surface area contributed by atoms with Crippen LogP contribution in [0.5, 0.6) is 0 Å². The van der Waals surface area contributed by atoms with Gasteiger partial charge in [0.05, 0.1) is 0 Å². The van der Waals surface area contributed by atoms with E-state index in [-0.39, 0.29) is 11.8 Å². The molecule has 2 amide bonds. The largest absolute Gasteiger partial charge is 0.341 e. The lowest BCUT2D eigenvalue weighted by atomic mass is 9.97. The summed E-state index contributed by atoms with van der Waals surface area (Å²) in [6, 6.07) is -0.402. The minimum atomic E-state index is -0.402. The number of amides is 2. The van der Waals surface area contributed by atoms with Crippen molar-refractivity contribution >= 4 is 12.3 Å². The van der Waals surface area contributed by atoms with Crippen LogP contribution >= 0.6 is 0 Å². The van der Waals surface area contributed by atoms with Crippen molar-refractivity contribution in [2.24, 2.45) is 5.92 Å². The number of hydrogen-bond acceptors (Lipinski definition) is 2. The van der Waals surface area contributed by atoms with Gasteiger partial charge in [0.1, 0.15) is 6.04 Å². The predicted octanol–water partition coefficient (Wildman–Crippen LogP) is 1.07. The normalized spacial score (nSPS) is 20.0. The summed E-state index contributed by atoms with van der Waals surface area (Å²) in [5.74, 6) is 0.216. The van der Waals surface area contributed by atoms with Gasteiger partial charge >= 0.3 is 6.41 Å². The number of carbonyl (C=O) groups is 1. The third-order valence-electron chi connectivity index (χ3n) is 3.36. The third-order valence-corrected chi connectivity index (χ3v) is 3.36. The van der Waals surface area contributed by atoms with Crippen molar-refractivity contribution in [1.29, 1.82) is 0 Å². The molecule has 91 valence electrons. The molecule has 1 heterocycles. The van der Waals surface area contributed by atoms with Crippen LogP contribution in [0.15, 0.2) is 0 Å². The fourth-order valence-corrected chi connectivity index (χ4v) is 2.06. The van der Waals surface area contributed by atoms with E-state index in [4.69, 9.17) is 0 Å². The van der Waals surface area contributed by atoms with E-state index in [2.05, 4.69) is 5.32 Å². The molecule has 1 saturated heterocycles. The monoisotopic (exact) mass is 225 g/mol. The van der Waals surface area contributed by atoms with Gasteiger partial charge in [0.15, 0.2) is 0 Å². The molecule has 0 bridgehead atoms. The molecule has 4 heteroatoms. The van der Waals surface area contributed by atoms with Crippen LogP contribution in [0, 0.1) is 5.92 Å². The predicted molar refractivity (Wildman–Crippen MR) is 62.5 cm³/mol. The highest BCUT2D eigenvalue weighted by Gasteiger charge is 2.28. The first-order valence-corrected chi connectivity index (χ1v) is 6.12. The van der Waals surface area contributed by atoms with Gasteiger partial charge in [-0.15, -0.1) is 0 Å². The van der Waals surface area contributed by atoms with Crippen LogP contribution in [-0.4, -0.2) is 36.3 Å². The molecule has 2 unspecified atom stereocenters. The maximum Gasteiger partial charge on any atom is 0.309 e. The van der Waals surface area contributed by atoms with Crippen molar-refractivity contribution < 1.29 is 9.59 Å². The molecule has 0 spiro atoms. The molecule has 4 nitrogen and oxygen atoms in total. The highest BCUT2D eigenvalue weighted by molar-refractivity contribution is 5.84. The average molecular weight is 225 g/mol. The lowest BCUT2D eigenvalue weighted by Crippen LogP contribution is -2.50. The highest BCUT2D eigenvalue weighted by atomic mass is 16.2. The van der Waals surface area contributed by atoms with Crippen LogP contribution in [0.25, 0.3) is 0 Å². The lowest BCUT2D eigenvalue weighted by molar-refractivity contribution is -0.135. The summed E-state index contributed by atoms with van der Waals surface area (Å²) in [7, 11) is 0. The van der Waals surface area contributed by atoms with E-state index >= 15 is 0 Å². The summed E-state index contributed by atoms with van der Waals surface area (Å²) >= 11 is 0. The summed E-state index contributed by atoms with van der Waals surface area (Å²) in [6.45, 7) is 5.66. The summed E-state index contributed by atoms with van der Waals surface area (Å²) in [4.78, 5) is 24.5. The molecule has 0 aliphatic carbocycles. The summed E-state index contributed by atoms with van der Waals surface area (Å²) in [6.07, 6.45) is 5.88. The van der Waals surface area contributed by atoms with Gasteiger partial charge in [0.2, 0.25) is 5.91 Å². The molecular weight excluding hydrogens is 204 g/mol. The van der Waals surface area contributed by atoms with Gasteiger partial charge in [0.25, 0.3) is 0 Å². The van der Waals surface area contributed by atoms with Crippen LogP contribution in [0.1, 0.15) is 39.5 Å². The van der Waals surface area contributed by atoms with E-state index in [0.717, 1.165) is 32.4 Å². The molecule has 1 rings (SSSR count). The first-order valence-electron chi connectivity index (χ1n) is 6.12. The van der Waals surface area contributed by atoms with Crippen molar-refractivity contribution in [3.05, 3.63) is 0 Å². The lowest BCUT2D eigenvalue weighted by Gasteiger charge is -2.32. The number of piperidine rings is 1. The molecule has 16 heavy (non-hydrogen) atoms. The van der Waals surface area contributed by atoms with Gasteiger partial charge in [0, 0.05) is 13.1 Å². The van der Waals surface area contributed by atoms with Crippen molar-refractivity contribution in [2.75, 3.05) is 13.1 Å². The first-order chi connectivity index (χ1) is 7.70. The standard InChI is InChI=1S/C12H21N2O2/c1-3-10(2)11(13-9-15)12(16)14-7-5-4-6-8-14/h10-11H,3-8H2,1-2H3,(H,13,15). The van der Waals surface area contributed by atoms with E-state index < -0.39 is 6.04 Å². The van der Waals surface area contributed by atoms with Gasteiger partial charge in [-0.3, -0.25) is 9.59 Å². The van der Waals surface area contributed by atoms with E-state index in [1.807, 2.05) is 18.7 Å². The second kappa shape index (κ2) is 6.51. The van der Waals surface area contributed by atoms with E-state index in [1.54, 1.807) is 6.41 Å². The van der Waals surface area contributed by atoms with Crippen LogP contribution in [0.3, 0.4) is 0 Å². The molecular formula is C12H21N2O2. The number of nitrogens with zero attached hydrogens (tertiary/aromatic N) is 1. The molecule has 0 saturated carbocycles. The molecule has 1 radical (unpaired) electrons. The van der Waals surface area contributed by atoms with Crippen molar-refractivity contribution in [3.63, 3.8) is 0 Å². The second-order valence-electron chi connectivity index (χ2n) is 4.50. The fourth-order valence-electron chi connectivity index (χ4n) is 2.06. The Kier molecular flexibility index (Phi) is 5.29. The molecule has 0 aromatic rings. The summed E-state index contributed by atoms with van der Waals surface area (Å²) < 4.78 is 0. The third kappa shape index (κ3) is 3.22. The smallest absolute Gasteiger partial charge is 0.309 e. The minimum absolute atomic E-state index is 0.0531. The maximum atomic E-state index is 12.2. The van der Waals surface area contributed by atoms with E-state index in [9.17, 15) is 9.59 Å². The number of nitrogens with one attached hydrogen (secondary N) is 1. The van der Waals surface area contributed by atoms with Crippen LogP contribution in [-0.2, 0) is 9.59 Å². The number of likely N-dealkylation sites (tertiary alicyclic amines) is 1. The quantitative estimate of drug-likeness (QED) is 0.712. The molecule has 0 aromatic carbocycles. The summed E-state index contributed by atoms with van der Waals surface area (Å²) in [5, 5.41) is 2.53. The minimum Gasteiger partial charge on any atom is -0.341 e.